The molecule has 1 aromatic rings. The van der Waals surface area contributed by atoms with Crippen molar-refractivity contribution in [1.82, 2.24) is 20.2 Å². The van der Waals surface area contributed by atoms with Gasteiger partial charge in [0.05, 0.1) is 30.6 Å². The summed E-state index contributed by atoms with van der Waals surface area (Å²) in [5.41, 5.74) is 1.14. The lowest BCUT2D eigenvalue weighted by atomic mass is 9.98. The van der Waals surface area contributed by atoms with Crippen molar-refractivity contribution in [2.45, 2.75) is 69.9 Å². The van der Waals surface area contributed by atoms with Crippen LogP contribution in [0.25, 0.3) is 0 Å². The third-order valence-electron chi connectivity index (χ3n) is 5.86. The molecule has 2 N–H and O–H groups in total. The second-order valence-corrected chi connectivity index (χ2v) is 8.44. The molecule has 10 heteroatoms. The van der Waals surface area contributed by atoms with E-state index in [4.69, 9.17) is 9.84 Å². The maximum atomic E-state index is 11.3. The second-order valence-electron chi connectivity index (χ2n) is 8.44. The van der Waals surface area contributed by atoms with Crippen molar-refractivity contribution in [3.63, 3.8) is 0 Å². The summed E-state index contributed by atoms with van der Waals surface area (Å²) in [6, 6.07) is 4.17. The molecule has 1 aromatic heterocycles. The summed E-state index contributed by atoms with van der Waals surface area (Å²) in [5, 5.41) is 14.4. The molecule has 0 aromatic carbocycles. The highest BCUT2D eigenvalue weighted by Gasteiger charge is 2.28. The summed E-state index contributed by atoms with van der Waals surface area (Å²) in [7, 11) is 5.03. The van der Waals surface area contributed by atoms with Crippen molar-refractivity contribution in [3.8, 4) is 0 Å². The summed E-state index contributed by atoms with van der Waals surface area (Å²) in [6.45, 7) is 1.02. The molecule has 2 heterocycles. The van der Waals surface area contributed by atoms with E-state index < -0.39 is 0 Å². The van der Waals surface area contributed by atoms with Gasteiger partial charge in [-0.25, -0.2) is 0 Å². The minimum absolute atomic E-state index is 0.0256. The van der Waals surface area contributed by atoms with Crippen LogP contribution in [0.1, 0.15) is 69.4 Å². The first-order valence-electron chi connectivity index (χ1n) is 12.1. The lowest BCUT2D eigenvalue weighted by Crippen LogP contribution is -2.22. The highest BCUT2D eigenvalue weighted by Crippen LogP contribution is 2.30. The molecule has 1 aliphatic carbocycles. The number of likely N-dealkylation sites (N-methyl/N-ethyl adjacent to an activating group) is 1. The van der Waals surface area contributed by atoms with E-state index >= 15 is 0 Å². The van der Waals surface area contributed by atoms with Crippen LogP contribution < -0.4 is 5.32 Å². The van der Waals surface area contributed by atoms with Crippen LogP contribution in [0.3, 0.4) is 0 Å². The Morgan fingerprint density at radius 1 is 1.32 bits per heavy atom. The summed E-state index contributed by atoms with van der Waals surface area (Å²) in [5.74, 6) is 0.339. The number of hydrogen-bond donors (Lipinski definition) is 2. The van der Waals surface area contributed by atoms with Gasteiger partial charge in [-0.05, 0) is 37.3 Å². The first-order chi connectivity index (χ1) is 16.4. The number of hydrogen-bond acceptors (Lipinski definition) is 7. The van der Waals surface area contributed by atoms with Crippen LogP contribution in [-0.4, -0.2) is 78.8 Å². The standard InChI is InChI=1S/C11H21NO2.C10H12N2O.C3H8N2O2/c1-12-11(13)8-5-9-14-10-6-3-2-4-7-10;1-12-9(4-5-10(12)13)8-3-2-6-11-7-8;1-5(4-7)2-3-6/h10H,2-9H2,1H3,(H,12,13);2-3,6-7,9H,4-5H2,1H3;6H,2-3H2,1H3. The van der Waals surface area contributed by atoms with E-state index in [1.165, 1.54) is 39.2 Å². The molecule has 1 unspecified atom stereocenters. The lowest BCUT2D eigenvalue weighted by Gasteiger charge is -2.21. The Kier molecular flexibility index (Phi) is 15.4. The van der Waals surface area contributed by atoms with Crippen LogP contribution in [0.4, 0.5) is 0 Å². The molecular formula is C24H41N5O5. The van der Waals surface area contributed by atoms with Gasteiger partial charge in [0.2, 0.25) is 11.8 Å². The average Bonchev–Trinajstić information content (AvgIpc) is 3.21. The zero-order valence-corrected chi connectivity index (χ0v) is 20.8. The third-order valence-corrected chi connectivity index (χ3v) is 5.86. The van der Waals surface area contributed by atoms with Gasteiger partial charge in [-0.3, -0.25) is 19.6 Å². The Labute approximate surface area is 203 Å². The van der Waals surface area contributed by atoms with Crippen LogP contribution in [0, 0.1) is 4.91 Å². The number of nitroso groups, excluding NO2 is 1. The molecule has 34 heavy (non-hydrogen) atoms. The minimum Gasteiger partial charge on any atom is -0.394 e. The van der Waals surface area contributed by atoms with Crippen molar-refractivity contribution in [1.29, 1.82) is 0 Å². The van der Waals surface area contributed by atoms with Crippen molar-refractivity contribution >= 4 is 11.8 Å². The van der Waals surface area contributed by atoms with Crippen LogP contribution in [0.15, 0.2) is 29.8 Å². The molecule has 0 bridgehead atoms. The van der Waals surface area contributed by atoms with Gasteiger partial charge in [0.1, 0.15) is 0 Å². The number of likely N-dealkylation sites (tertiary alicyclic amines) is 1. The smallest absolute Gasteiger partial charge is 0.222 e. The molecule has 1 saturated heterocycles. The van der Waals surface area contributed by atoms with Gasteiger partial charge >= 0.3 is 0 Å². The minimum atomic E-state index is -0.0256. The SMILES string of the molecule is CN(CCO)N=O.CN1C(=O)CCC1c1cccnc1.CNC(=O)CCCOC1CCCCC1. The fraction of sp³-hybridized carbons (Fsp3) is 0.708. The van der Waals surface area contributed by atoms with Crippen LogP contribution in [-0.2, 0) is 14.3 Å². The van der Waals surface area contributed by atoms with Crippen molar-refractivity contribution in [3.05, 3.63) is 35.0 Å². The molecule has 2 fully saturated rings. The van der Waals surface area contributed by atoms with Gasteiger partial charge in [0, 0.05) is 53.0 Å². The lowest BCUT2D eigenvalue weighted by molar-refractivity contribution is -0.127. The number of rotatable bonds is 9. The zero-order valence-electron chi connectivity index (χ0n) is 20.8. The second kappa shape index (κ2) is 17.8. The summed E-state index contributed by atoms with van der Waals surface area (Å²) >= 11 is 0. The van der Waals surface area contributed by atoms with Crippen LogP contribution >= 0.6 is 0 Å². The van der Waals surface area contributed by atoms with Crippen LogP contribution in [0.2, 0.25) is 0 Å². The normalized spacial score (nSPS) is 17.7. The van der Waals surface area contributed by atoms with E-state index in [9.17, 15) is 14.5 Å². The van der Waals surface area contributed by atoms with Crippen molar-refractivity contribution in [2.75, 3.05) is 40.9 Å². The van der Waals surface area contributed by atoms with Gasteiger partial charge in [0.15, 0.2) is 0 Å². The highest BCUT2D eigenvalue weighted by molar-refractivity contribution is 5.78. The molecule has 192 valence electrons. The molecular weight excluding hydrogens is 438 g/mol. The van der Waals surface area contributed by atoms with E-state index in [0.717, 1.165) is 30.0 Å². The number of amides is 2. The van der Waals surface area contributed by atoms with E-state index in [2.05, 4.69) is 15.6 Å². The topological polar surface area (TPSA) is 124 Å². The quantitative estimate of drug-likeness (QED) is 0.317. The molecule has 1 aliphatic heterocycles. The Balaban J connectivity index is 0.000000270. The number of ether oxygens (including phenoxy) is 1. The Bertz CT molecular complexity index is 700. The Hall–Kier alpha value is -2.59. The van der Waals surface area contributed by atoms with E-state index in [1.807, 2.05) is 25.4 Å². The molecule has 10 nitrogen and oxygen atoms in total. The number of carbonyl (C=O) groups is 2. The Morgan fingerprint density at radius 2 is 2.06 bits per heavy atom. The third kappa shape index (κ3) is 12.0. The number of carbonyl (C=O) groups excluding carboxylic acids is 2. The number of aliphatic hydroxyl groups excluding tert-OH is 1. The van der Waals surface area contributed by atoms with Gasteiger partial charge in [-0.2, -0.15) is 0 Å². The fourth-order valence-corrected chi connectivity index (χ4v) is 3.79. The van der Waals surface area contributed by atoms with Gasteiger partial charge < -0.3 is 20.1 Å². The predicted molar refractivity (Wildman–Crippen MR) is 131 cm³/mol. The van der Waals surface area contributed by atoms with Gasteiger partial charge in [-0.1, -0.05) is 25.3 Å². The largest absolute Gasteiger partial charge is 0.394 e. The van der Waals surface area contributed by atoms with E-state index in [1.54, 1.807) is 18.1 Å². The molecule has 2 amide bonds. The van der Waals surface area contributed by atoms with Crippen molar-refractivity contribution in [2.24, 2.45) is 5.29 Å². The van der Waals surface area contributed by atoms with Crippen LogP contribution in [0.5, 0.6) is 0 Å². The highest BCUT2D eigenvalue weighted by atomic mass is 16.5. The molecule has 1 atom stereocenters. The van der Waals surface area contributed by atoms with Crippen molar-refractivity contribution < 1.29 is 19.4 Å². The first kappa shape index (κ1) is 29.4. The summed E-state index contributed by atoms with van der Waals surface area (Å²) < 4.78 is 5.70. The number of pyridine rings is 1. The van der Waals surface area contributed by atoms with Gasteiger partial charge in [0.25, 0.3) is 0 Å². The van der Waals surface area contributed by atoms with Gasteiger partial charge in [-0.15, -0.1) is 4.91 Å². The molecule has 0 spiro atoms. The molecule has 1 saturated carbocycles. The maximum Gasteiger partial charge on any atom is 0.222 e. The number of aromatic nitrogens is 1. The molecule has 2 aliphatic rings. The van der Waals surface area contributed by atoms with E-state index in [0.29, 0.717) is 25.5 Å². The first-order valence-corrected chi connectivity index (χ1v) is 12.1. The molecule has 0 radical (unpaired) electrons. The Morgan fingerprint density at radius 3 is 2.56 bits per heavy atom. The number of nitrogens with one attached hydrogen (secondary N) is 1. The molecule has 3 rings (SSSR count). The summed E-state index contributed by atoms with van der Waals surface area (Å²) in [6.07, 6.45) is 13.4. The average molecular weight is 480 g/mol. The summed E-state index contributed by atoms with van der Waals surface area (Å²) in [4.78, 5) is 37.5. The number of nitrogens with zero attached hydrogens (tertiary/aromatic N) is 4. The number of aliphatic hydroxyl groups is 1. The maximum absolute atomic E-state index is 11.3. The fourth-order valence-electron chi connectivity index (χ4n) is 3.79. The zero-order chi connectivity index (χ0) is 25.2. The monoisotopic (exact) mass is 479 g/mol. The predicted octanol–water partition coefficient (Wildman–Crippen LogP) is 2.83. The van der Waals surface area contributed by atoms with E-state index in [-0.39, 0.29) is 24.5 Å².